The van der Waals surface area contributed by atoms with Crippen molar-refractivity contribution >= 4 is 17.5 Å². The number of nitrogens with one attached hydrogen (secondary N) is 1. The summed E-state index contributed by atoms with van der Waals surface area (Å²) in [5, 5.41) is 4.21. The quantitative estimate of drug-likeness (QED) is 0.875. The summed E-state index contributed by atoms with van der Waals surface area (Å²) in [6, 6.07) is 17.4. The first-order valence-corrected chi connectivity index (χ1v) is 8.88. The molecule has 0 radical (unpaired) electrons. The van der Waals surface area contributed by atoms with Crippen molar-refractivity contribution in [2.24, 2.45) is 0 Å². The first kappa shape index (κ1) is 17.0. The molecule has 2 aromatic rings. The molecule has 1 aliphatic heterocycles. The molecule has 1 N–H and O–H groups in total. The van der Waals surface area contributed by atoms with E-state index in [4.69, 9.17) is 11.6 Å². The van der Waals surface area contributed by atoms with E-state index in [0.29, 0.717) is 5.02 Å². The fraction of sp³-hybridized carbons (Fsp3) is 0.350. The number of benzene rings is 2. The van der Waals surface area contributed by atoms with E-state index in [1.165, 1.54) is 0 Å². The molecule has 0 aliphatic carbocycles. The Hall–Kier alpha value is -1.84. The Labute approximate surface area is 148 Å². The zero-order valence-electron chi connectivity index (χ0n) is 13.9. The number of hydrogen-bond acceptors (Lipinski definition) is 2. The first-order chi connectivity index (χ1) is 11.6. The van der Waals surface area contributed by atoms with E-state index in [2.05, 4.69) is 12.2 Å². The van der Waals surface area contributed by atoms with Gasteiger partial charge < -0.3 is 4.90 Å². The van der Waals surface area contributed by atoms with Crippen molar-refractivity contribution in [2.75, 3.05) is 13.1 Å². The van der Waals surface area contributed by atoms with Crippen LogP contribution in [0.2, 0.25) is 5.02 Å². The zero-order valence-corrected chi connectivity index (χ0v) is 14.7. The number of rotatable bonds is 5. The minimum atomic E-state index is -0.335. The highest BCUT2D eigenvalue weighted by atomic mass is 35.5. The summed E-state index contributed by atoms with van der Waals surface area (Å²) >= 11 is 6.11. The molecule has 2 unspecified atom stereocenters. The van der Waals surface area contributed by atoms with Crippen molar-refractivity contribution in [1.29, 1.82) is 0 Å². The lowest BCUT2D eigenvalue weighted by Gasteiger charge is -2.27. The van der Waals surface area contributed by atoms with Gasteiger partial charge in [0, 0.05) is 24.2 Å². The lowest BCUT2D eigenvalue weighted by molar-refractivity contribution is -0.132. The fourth-order valence-corrected chi connectivity index (χ4v) is 3.40. The van der Waals surface area contributed by atoms with Gasteiger partial charge in [-0.15, -0.1) is 0 Å². The minimum absolute atomic E-state index is 0.0282. The number of carbonyl (C=O) groups is 1. The van der Waals surface area contributed by atoms with Gasteiger partial charge in [-0.05, 0) is 43.0 Å². The zero-order chi connectivity index (χ0) is 16.9. The van der Waals surface area contributed by atoms with Gasteiger partial charge in [0.2, 0.25) is 5.91 Å². The highest BCUT2D eigenvalue weighted by Crippen LogP contribution is 2.24. The van der Waals surface area contributed by atoms with Gasteiger partial charge in [-0.1, -0.05) is 54.1 Å². The second-order valence-corrected chi connectivity index (χ2v) is 6.76. The molecule has 3 rings (SSSR count). The standard InChI is InChI=1S/C20H23ClN2O/c1-15(17-10-7-11-18(21)14-17)22-19(16-8-3-2-4-9-16)20(24)23-12-5-6-13-23/h2-4,7-11,14-15,19,22H,5-6,12-13H2,1H3. The number of halogens is 1. The Morgan fingerprint density at radius 1 is 1.04 bits per heavy atom. The lowest BCUT2D eigenvalue weighted by Crippen LogP contribution is -2.40. The van der Waals surface area contributed by atoms with E-state index in [1.807, 2.05) is 59.5 Å². The van der Waals surface area contributed by atoms with Gasteiger partial charge in [0.15, 0.2) is 0 Å². The van der Waals surface area contributed by atoms with Gasteiger partial charge in [-0.25, -0.2) is 0 Å². The molecule has 0 aromatic heterocycles. The van der Waals surface area contributed by atoms with Crippen LogP contribution < -0.4 is 5.32 Å². The third-order valence-electron chi connectivity index (χ3n) is 4.56. The summed E-state index contributed by atoms with van der Waals surface area (Å²) in [6.07, 6.45) is 2.19. The summed E-state index contributed by atoms with van der Waals surface area (Å²) in [4.78, 5) is 15.0. The van der Waals surface area contributed by atoms with Gasteiger partial charge in [0.1, 0.15) is 6.04 Å². The molecule has 1 saturated heterocycles. The molecule has 0 saturated carbocycles. The molecule has 1 fully saturated rings. The molecule has 1 heterocycles. The van der Waals surface area contributed by atoms with Crippen molar-refractivity contribution in [2.45, 2.75) is 31.8 Å². The van der Waals surface area contributed by atoms with Crippen LogP contribution in [-0.4, -0.2) is 23.9 Å². The first-order valence-electron chi connectivity index (χ1n) is 8.50. The number of hydrogen-bond donors (Lipinski definition) is 1. The molecule has 0 spiro atoms. The molecule has 2 atom stereocenters. The molecular weight excluding hydrogens is 320 g/mol. The maximum Gasteiger partial charge on any atom is 0.244 e. The Balaban J connectivity index is 1.83. The predicted octanol–water partition coefficient (Wildman–Crippen LogP) is 4.35. The normalized spacial score (nSPS) is 16.8. The molecule has 126 valence electrons. The lowest BCUT2D eigenvalue weighted by atomic mass is 10.0. The Morgan fingerprint density at radius 3 is 2.38 bits per heavy atom. The second kappa shape index (κ2) is 7.82. The van der Waals surface area contributed by atoms with Crippen molar-refractivity contribution in [3.63, 3.8) is 0 Å². The Bertz CT molecular complexity index is 683. The Morgan fingerprint density at radius 2 is 1.71 bits per heavy atom. The van der Waals surface area contributed by atoms with E-state index < -0.39 is 0 Å². The predicted molar refractivity (Wildman–Crippen MR) is 98.0 cm³/mol. The van der Waals surface area contributed by atoms with Gasteiger partial charge in [0.05, 0.1) is 0 Å². The third-order valence-corrected chi connectivity index (χ3v) is 4.80. The summed E-state index contributed by atoms with van der Waals surface area (Å²) in [6.45, 7) is 3.78. The van der Waals surface area contributed by atoms with Crippen molar-refractivity contribution in [3.05, 3.63) is 70.7 Å². The van der Waals surface area contributed by atoms with Crippen LogP contribution in [0, 0.1) is 0 Å². The van der Waals surface area contributed by atoms with E-state index in [9.17, 15) is 4.79 Å². The van der Waals surface area contributed by atoms with Crippen LogP contribution in [0.5, 0.6) is 0 Å². The molecule has 1 amide bonds. The van der Waals surface area contributed by atoms with E-state index >= 15 is 0 Å². The highest BCUT2D eigenvalue weighted by molar-refractivity contribution is 6.30. The second-order valence-electron chi connectivity index (χ2n) is 6.32. The maximum atomic E-state index is 13.0. The highest BCUT2D eigenvalue weighted by Gasteiger charge is 2.28. The number of carbonyl (C=O) groups excluding carboxylic acids is 1. The molecule has 3 nitrogen and oxygen atoms in total. The largest absolute Gasteiger partial charge is 0.341 e. The van der Waals surface area contributed by atoms with Crippen LogP contribution >= 0.6 is 11.6 Å². The van der Waals surface area contributed by atoms with E-state index in [0.717, 1.165) is 37.1 Å². The minimum Gasteiger partial charge on any atom is -0.341 e. The molecular formula is C20H23ClN2O. The average Bonchev–Trinajstić information content (AvgIpc) is 3.14. The summed E-state index contributed by atoms with van der Waals surface area (Å²) < 4.78 is 0. The number of nitrogens with zero attached hydrogens (tertiary/aromatic N) is 1. The molecule has 2 aromatic carbocycles. The number of amides is 1. The van der Waals surface area contributed by atoms with Crippen LogP contribution in [0.3, 0.4) is 0 Å². The van der Waals surface area contributed by atoms with Crippen molar-refractivity contribution in [3.8, 4) is 0 Å². The smallest absolute Gasteiger partial charge is 0.244 e. The summed E-state index contributed by atoms with van der Waals surface area (Å²) in [5.41, 5.74) is 2.08. The monoisotopic (exact) mass is 342 g/mol. The summed E-state index contributed by atoms with van der Waals surface area (Å²) in [7, 11) is 0. The van der Waals surface area contributed by atoms with Gasteiger partial charge in [-0.3, -0.25) is 10.1 Å². The van der Waals surface area contributed by atoms with Gasteiger partial charge in [-0.2, -0.15) is 0 Å². The third kappa shape index (κ3) is 3.97. The average molecular weight is 343 g/mol. The molecule has 24 heavy (non-hydrogen) atoms. The Kier molecular flexibility index (Phi) is 5.54. The van der Waals surface area contributed by atoms with Crippen LogP contribution in [0.1, 0.15) is 43.0 Å². The van der Waals surface area contributed by atoms with Gasteiger partial charge in [0.25, 0.3) is 0 Å². The molecule has 1 aliphatic rings. The summed E-state index contributed by atoms with van der Waals surface area (Å²) in [5.74, 6) is 0.160. The van der Waals surface area contributed by atoms with E-state index in [-0.39, 0.29) is 18.0 Å². The van der Waals surface area contributed by atoms with E-state index in [1.54, 1.807) is 0 Å². The van der Waals surface area contributed by atoms with Crippen LogP contribution in [0.25, 0.3) is 0 Å². The van der Waals surface area contributed by atoms with Gasteiger partial charge >= 0.3 is 0 Å². The molecule has 4 heteroatoms. The number of likely N-dealkylation sites (tertiary alicyclic amines) is 1. The van der Waals surface area contributed by atoms with Crippen LogP contribution in [-0.2, 0) is 4.79 Å². The van der Waals surface area contributed by atoms with Crippen LogP contribution in [0.4, 0.5) is 0 Å². The SMILES string of the molecule is CC(NC(C(=O)N1CCCC1)c1ccccc1)c1cccc(Cl)c1. The van der Waals surface area contributed by atoms with Crippen molar-refractivity contribution < 1.29 is 4.79 Å². The van der Waals surface area contributed by atoms with Crippen LogP contribution in [0.15, 0.2) is 54.6 Å². The topological polar surface area (TPSA) is 32.3 Å². The fourth-order valence-electron chi connectivity index (χ4n) is 3.20. The molecule has 0 bridgehead atoms. The maximum absolute atomic E-state index is 13.0. The van der Waals surface area contributed by atoms with Crippen molar-refractivity contribution in [1.82, 2.24) is 10.2 Å².